The molecular weight excluding hydrogens is 174 g/mol. The summed E-state index contributed by atoms with van der Waals surface area (Å²) in [5, 5.41) is 3.03. The second kappa shape index (κ2) is 4.27. The highest BCUT2D eigenvalue weighted by molar-refractivity contribution is 5.76. The SMILES string of the molecule is O=C1CCC[C@H](Cc2ccccc2)N1. The Balaban J connectivity index is 1.94. The van der Waals surface area contributed by atoms with Crippen molar-refractivity contribution in [1.82, 2.24) is 5.32 Å². The maximum atomic E-state index is 11.2. The Bertz CT molecular complexity index is 307. The van der Waals surface area contributed by atoms with Crippen LogP contribution in [0.15, 0.2) is 30.3 Å². The van der Waals surface area contributed by atoms with Crippen LogP contribution in [0.4, 0.5) is 0 Å². The maximum Gasteiger partial charge on any atom is 0.220 e. The smallest absolute Gasteiger partial charge is 0.220 e. The normalized spacial score (nSPS) is 21.7. The summed E-state index contributed by atoms with van der Waals surface area (Å²) in [6.07, 6.45) is 3.81. The second-order valence-electron chi connectivity index (χ2n) is 3.85. The van der Waals surface area contributed by atoms with Gasteiger partial charge in [0.2, 0.25) is 5.91 Å². The first-order valence-corrected chi connectivity index (χ1v) is 5.18. The molecule has 1 atom stereocenters. The predicted octanol–water partition coefficient (Wildman–Crippen LogP) is 1.90. The Hall–Kier alpha value is -1.31. The average molecular weight is 189 g/mol. The number of hydrogen-bond acceptors (Lipinski definition) is 1. The highest BCUT2D eigenvalue weighted by Crippen LogP contribution is 2.12. The molecule has 2 heteroatoms. The summed E-state index contributed by atoms with van der Waals surface area (Å²) < 4.78 is 0. The molecule has 0 aliphatic carbocycles. The molecular formula is C12H15NO. The number of carbonyl (C=O) groups is 1. The lowest BCUT2D eigenvalue weighted by Crippen LogP contribution is -2.39. The molecule has 2 rings (SSSR count). The minimum absolute atomic E-state index is 0.206. The summed E-state index contributed by atoms with van der Waals surface area (Å²) in [7, 11) is 0. The van der Waals surface area contributed by atoms with Gasteiger partial charge in [-0.2, -0.15) is 0 Å². The summed E-state index contributed by atoms with van der Waals surface area (Å²) in [6.45, 7) is 0. The topological polar surface area (TPSA) is 29.1 Å². The standard InChI is InChI=1S/C12H15NO/c14-12-8-4-7-11(13-12)9-10-5-2-1-3-6-10/h1-3,5-6,11H,4,7-9H2,(H,13,14)/t11-/m1/s1. The van der Waals surface area contributed by atoms with Crippen LogP contribution in [0.25, 0.3) is 0 Å². The lowest BCUT2D eigenvalue weighted by molar-refractivity contribution is -0.123. The van der Waals surface area contributed by atoms with Crippen molar-refractivity contribution >= 4 is 5.91 Å². The molecule has 1 N–H and O–H groups in total. The van der Waals surface area contributed by atoms with Crippen molar-refractivity contribution in [3.63, 3.8) is 0 Å². The Morgan fingerprint density at radius 1 is 1.29 bits per heavy atom. The predicted molar refractivity (Wildman–Crippen MR) is 55.9 cm³/mol. The molecule has 1 amide bonds. The van der Waals surface area contributed by atoms with Crippen molar-refractivity contribution in [3.8, 4) is 0 Å². The van der Waals surface area contributed by atoms with Gasteiger partial charge in [-0.05, 0) is 24.8 Å². The van der Waals surface area contributed by atoms with E-state index < -0.39 is 0 Å². The molecule has 1 aliphatic heterocycles. The number of amides is 1. The van der Waals surface area contributed by atoms with Crippen molar-refractivity contribution in [2.45, 2.75) is 31.7 Å². The Kier molecular flexibility index (Phi) is 2.82. The van der Waals surface area contributed by atoms with Gasteiger partial charge in [0.15, 0.2) is 0 Å². The minimum Gasteiger partial charge on any atom is -0.353 e. The molecule has 1 saturated heterocycles. The number of carbonyl (C=O) groups excluding carboxylic acids is 1. The molecule has 1 fully saturated rings. The monoisotopic (exact) mass is 189 g/mol. The van der Waals surface area contributed by atoms with E-state index in [1.807, 2.05) is 18.2 Å². The highest BCUT2D eigenvalue weighted by atomic mass is 16.1. The van der Waals surface area contributed by atoms with Crippen molar-refractivity contribution < 1.29 is 4.79 Å². The minimum atomic E-state index is 0.206. The van der Waals surface area contributed by atoms with Crippen LogP contribution in [-0.4, -0.2) is 11.9 Å². The van der Waals surface area contributed by atoms with Crippen LogP contribution in [0.2, 0.25) is 0 Å². The molecule has 0 saturated carbocycles. The van der Waals surface area contributed by atoms with E-state index >= 15 is 0 Å². The van der Waals surface area contributed by atoms with Gasteiger partial charge < -0.3 is 5.32 Å². The van der Waals surface area contributed by atoms with Crippen LogP contribution < -0.4 is 5.32 Å². The molecule has 0 unspecified atom stereocenters. The van der Waals surface area contributed by atoms with Crippen LogP contribution in [-0.2, 0) is 11.2 Å². The summed E-state index contributed by atoms with van der Waals surface area (Å²) in [6, 6.07) is 10.7. The van der Waals surface area contributed by atoms with E-state index in [0.29, 0.717) is 12.5 Å². The first kappa shape index (κ1) is 9.25. The van der Waals surface area contributed by atoms with Crippen LogP contribution >= 0.6 is 0 Å². The number of rotatable bonds is 2. The zero-order chi connectivity index (χ0) is 9.80. The molecule has 1 aliphatic rings. The number of piperidine rings is 1. The van der Waals surface area contributed by atoms with Gasteiger partial charge in [0, 0.05) is 12.5 Å². The van der Waals surface area contributed by atoms with E-state index in [2.05, 4.69) is 17.4 Å². The fourth-order valence-electron chi connectivity index (χ4n) is 1.93. The summed E-state index contributed by atoms with van der Waals surface area (Å²) >= 11 is 0. The molecule has 0 radical (unpaired) electrons. The molecule has 2 nitrogen and oxygen atoms in total. The Morgan fingerprint density at radius 2 is 2.07 bits per heavy atom. The third-order valence-electron chi connectivity index (χ3n) is 2.65. The second-order valence-corrected chi connectivity index (χ2v) is 3.85. The molecule has 1 aromatic rings. The lowest BCUT2D eigenvalue weighted by atomic mass is 9.97. The van der Waals surface area contributed by atoms with Gasteiger partial charge in [-0.25, -0.2) is 0 Å². The molecule has 14 heavy (non-hydrogen) atoms. The van der Waals surface area contributed by atoms with E-state index in [0.717, 1.165) is 19.3 Å². The van der Waals surface area contributed by atoms with Crippen LogP contribution in [0.5, 0.6) is 0 Å². The fourth-order valence-corrected chi connectivity index (χ4v) is 1.93. The fraction of sp³-hybridized carbons (Fsp3) is 0.417. The van der Waals surface area contributed by atoms with Crippen molar-refractivity contribution in [2.24, 2.45) is 0 Å². The average Bonchev–Trinajstić information content (AvgIpc) is 2.19. The van der Waals surface area contributed by atoms with Gasteiger partial charge >= 0.3 is 0 Å². The zero-order valence-corrected chi connectivity index (χ0v) is 8.20. The number of nitrogens with one attached hydrogen (secondary N) is 1. The van der Waals surface area contributed by atoms with Crippen LogP contribution in [0.1, 0.15) is 24.8 Å². The molecule has 1 aromatic carbocycles. The third-order valence-corrected chi connectivity index (χ3v) is 2.65. The van der Waals surface area contributed by atoms with Crippen molar-refractivity contribution in [3.05, 3.63) is 35.9 Å². The molecule has 0 aromatic heterocycles. The van der Waals surface area contributed by atoms with Gasteiger partial charge in [0.05, 0.1) is 0 Å². The first-order chi connectivity index (χ1) is 6.84. The third kappa shape index (κ3) is 2.34. The van der Waals surface area contributed by atoms with Crippen LogP contribution in [0.3, 0.4) is 0 Å². The number of hydrogen-bond donors (Lipinski definition) is 1. The van der Waals surface area contributed by atoms with Gasteiger partial charge in [-0.3, -0.25) is 4.79 Å². The van der Waals surface area contributed by atoms with Gasteiger partial charge in [0.25, 0.3) is 0 Å². The van der Waals surface area contributed by atoms with E-state index in [1.165, 1.54) is 5.56 Å². The quantitative estimate of drug-likeness (QED) is 0.756. The number of benzene rings is 1. The van der Waals surface area contributed by atoms with E-state index in [4.69, 9.17) is 0 Å². The lowest BCUT2D eigenvalue weighted by Gasteiger charge is -2.23. The molecule has 1 heterocycles. The van der Waals surface area contributed by atoms with Crippen LogP contribution in [0, 0.1) is 0 Å². The van der Waals surface area contributed by atoms with Crippen molar-refractivity contribution in [1.29, 1.82) is 0 Å². The van der Waals surface area contributed by atoms with E-state index in [-0.39, 0.29) is 5.91 Å². The summed E-state index contributed by atoms with van der Waals surface area (Å²) in [5.41, 5.74) is 1.31. The van der Waals surface area contributed by atoms with Gasteiger partial charge in [-0.15, -0.1) is 0 Å². The van der Waals surface area contributed by atoms with Gasteiger partial charge in [0.1, 0.15) is 0 Å². The molecule has 0 bridgehead atoms. The largest absolute Gasteiger partial charge is 0.353 e. The highest BCUT2D eigenvalue weighted by Gasteiger charge is 2.17. The molecule has 74 valence electrons. The van der Waals surface area contributed by atoms with E-state index in [9.17, 15) is 4.79 Å². The Morgan fingerprint density at radius 3 is 2.79 bits per heavy atom. The molecule has 0 spiro atoms. The summed E-state index contributed by atoms with van der Waals surface area (Å²) in [5.74, 6) is 0.206. The summed E-state index contributed by atoms with van der Waals surface area (Å²) in [4.78, 5) is 11.2. The van der Waals surface area contributed by atoms with Gasteiger partial charge in [-0.1, -0.05) is 30.3 Å². The van der Waals surface area contributed by atoms with E-state index in [1.54, 1.807) is 0 Å². The Labute approximate surface area is 84.3 Å². The van der Waals surface area contributed by atoms with Crippen molar-refractivity contribution in [2.75, 3.05) is 0 Å². The zero-order valence-electron chi connectivity index (χ0n) is 8.20. The maximum absolute atomic E-state index is 11.2. The first-order valence-electron chi connectivity index (χ1n) is 5.18.